The van der Waals surface area contributed by atoms with Crippen molar-refractivity contribution in [2.24, 2.45) is 0 Å². The van der Waals surface area contributed by atoms with Crippen LogP contribution in [-0.4, -0.2) is 30.0 Å². The summed E-state index contributed by atoms with van der Waals surface area (Å²) in [6, 6.07) is 16.5. The number of benzene rings is 2. The van der Waals surface area contributed by atoms with Gasteiger partial charge in [-0.1, -0.05) is 36.4 Å². The van der Waals surface area contributed by atoms with Crippen molar-refractivity contribution in [3.63, 3.8) is 0 Å². The van der Waals surface area contributed by atoms with Gasteiger partial charge in [-0.15, -0.1) is 0 Å². The zero-order chi connectivity index (χ0) is 15.8. The molecule has 3 nitrogen and oxygen atoms in total. The molecule has 0 saturated carbocycles. The molecule has 0 unspecified atom stereocenters. The molecule has 0 aliphatic heterocycles. The normalized spacial score (nSPS) is 12.1. The highest BCUT2D eigenvalue weighted by Crippen LogP contribution is 2.18. The smallest absolute Gasteiger partial charge is 0.119 e. The van der Waals surface area contributed by atoms with Crippen LogP contribution in [-0.2, 0) is 19.3 Å². The summed E-state index contributed by atoms with van der Waals surface area (Å²) < 4.78 is 5.26. The van der Waals surface area contributed by atoms with E-state index in [9.17, 15) is 5.11 Å². The Morgan fingerprint density at radius 1 is 0.955 bits per heavy atom. The summed E-state index contributed by atoms with van der Waals surface area (Å²) >= 11 is 0. The Balaban J connectivity index is 1.99. The highest BCUT2D eigenvalue weighted by molar-refractivity contribution is 5.31. The summed E-state index contributed by atoms with van der Waals surface area (Å²) in [6.07, 6.45) is 2.66. The maximum Gasteiger partial charge on any atom is 0.119 e. The molecule has 2 aromatic rings. The Hall–Kier alpha value is -1.84. The molecule has 118 valence electrons. The van der Waals surface area contributed by atoms with Crippen LogP contribution < -0.4 is 4.74 Å². The molecule has 0 aliphatic carbocycles. The van der Waals surface area contributed by atoms with Gasteiger partial charge in [-0.3, -0.25) is 0 Å². The Morgan fingerprint density at radius 3 is 2.36 bits per heavy atom. The zero-order valence-corrected chi connectivity index (χ0v) is 13.0. The summed E-state index contributed by atoms with van der Waals surface area (Å²) in [6.45, 7) is -0.175. The monoisotopic (exact) mass is 300 g/mol. The molecule has 0 bridgehead atoms. The first-order valence-corrected chi connectivity index (χ1v) is 7.71. The van der Waals surface area contributed by atoms with Crippen LogP contribution in [0, 0.1) is 0 Å². The van der Waals surface area contributed by atoms with Gasteiger partial charge < -0.3 is 14.9 Å². The topological polar surface area (TPSA) is 49.7 Å². The summed E-state index contributed by atoms with van der Waals surface area (Å²) in [7, 11) is 1.68. The summed E-state index contributed by atoms with van der Waals surface area (Å²) in [5.74, 6) is 0.886. The molecule has 1 atom stereocenters. The predicted molar refractivity (Wildman–Crippen MR) is 88.3 cm³/mol. The van der Waals surface area contributed by atoms with Gasteiger partial charge in [0.2, 0.25) is 0 Å². The van der Waals surface area contributed by atoms with E-state index in [2.05, 4.69) is 24.3 Å². The number of rotatable bonds is 8. The van der Waals surface area contributed by atoms with E-state index in [0.717, 1.165) is 25.0 Å². The van der Waals surface area contributed by atoms with Crippen molar-refractivity contribution in [3.05, 3.63) is 65.2 Å². The van der Waals surface area contributed by atoms with Gasteiger partial charge in [0, 0.05) is 0 Å². The average molecular weight is 300 g/mol. The van der Waals surface area contributed by atoms with Crippen molar-refractivity contribution in [1.29, 1.82) is 0 Å². The summed E-state index contributed by atoms with van der Waals surface area (Å²) in [5, 5.41) is 18.4. The lowest BCUT2D eigenvalue weighted by Gasteiger charge is -2.12. The fourth-order valence-electron chi connectivity index (χ4n) is 2.57. The fourth-order valence-corrected chi connectivity index (χ4v) is 2.57. The van der Waals surface area contributed by atoms with Gasteiger partial charge in [-0.2, -0.15) is 0 Å². The third-order valence-corrected chi connectivity index (χ3v) is 3.89. The highest BCUT2D eigenvalue weighted by atomic mass is 16.5. The minimum atomic E-state index is -0.633. The number of hydrogen-bond donors (Lipinski definition) is 2. The van der Waals surface area contributed by atoms with Gasteiger partial charge >= 0.3 is 0 Å². The van der Waals surface area contributed by atoms with Crippen LogP contribution in [0.2, 0.25) is 0 Å². The van der Waals surface area contributed by atoms with Gasteiger partial charge in [0.15, 0.2) is 0 Å². The Kier molecular flexibility index (Phi) is 6.44. The van der Waals surface area contributed by atoms with Crippen LogP contribution >= 0.6 is 0 Å². The van der Waals surface area contributed by atoms with E-state index in [-0.39, 0.29) is 6.61 Å². The highest BCUT2D eigenvalue weighted by Gasteiger charge is 2.07. The molecule has 0 amide bonds. The predicted octanol–water partition coefficient (Wildman–Crippen LogP) is 2.77. The van der Waals surface area contributed by atoms with Crippen molar-refractivity contribution in [2.45, 2.75) is 31.8 Å². The lowest BCUT2D eigenvalue weighted by molar-refractivity contribution is 0.0885. The van der Waals surface area contributed by atoms with Crippen LogP contribution in [0.4, 0.5) is 0 Å². The van der Waals surface area contributed by atoms with E-state index in [1.807, 2.05) is 24.3 Å². The van der Waals surface area contributed by atoms with E-state index in [4.69, 9.17) is 9.84 Å². The molecule has 22 heavy (non-hydrogen) atoms. The molecule has 0 radical (unpaired) electrons. The van der Waals surface area contributed by atoms with E-state index in [1.54, 1.807) is 7.11 Å². The maximum atomic E-state index is 9.51. The first-order valence-electron chi connectivity index (χ1n) is 7.71. The molecule has 2 N–H and O–H groups in total. The van der Waals surface area contributed by atoms with Crippen LogP contribution in [0.3, 0.4) is 0 Å². The Labute approximate surface area is 132 Å². The van der Waals surface area contributed by atoms with Gasteiger partial charge in [-0.05, 0) is 54.5 Å². The number of aryl methyl sites for hydroxylation is 3. The number of hydrogen-bond acceptors (Lipinski definition) is 3. The van der Waals surface area contributed by atoms with Crippen LogP contribution in [0.1, 0.15) is 23.1 Å². The van der Waals surface area contributed by atoms with E-state index in [0.29, 0.717) is 6.42 Å². The minimum absolute atomic E-state index is 0.175. The van der Waals surface area contributed by atoms with Crippen LogP contribution in [0.15, 0.2) is 48.5 Å². The molecular formula is C19H24O3. The molecule has 0 aromatic heterocycles. The molecule has 0 fully saturated rings. The van der Waals surface area contributed by atoms with Crippen LogP contribution in [0.5, 0.6) is 5.75 Å². The average Bonchev–Trinajstić information content (AvgIpc) is 2.58. The summed E-state index contributed by atoms with van der Waals surface area (Å²) in [4.78, 5) is 0. The van der Waals surface area contributed by atoms with Crippen molar-refractivity contribution in [3.8, 4) is 5.75 Å². The molecule has 0 heterocycles. The quantitative estimate of drug-likeness (QED) is 0.788. The fraction of sp³-hybridized carbons (Fsp3) is 0.368. The largest absolute Gasteiger partial charge is 0.497 e. The first kappa shape index (κ1) is 16.5. The number of aliphatic hydroxyl groups is 2. The lowest BCUT2D eigenvalue weighted by atomic mass is 9.96. The Bertz CT molecular complexity index is 580. The second kappa shape index (κ2) is 8.57. The van der Waals surface area contributed by atoms with Gasteiger partial charge in [0.1, 0.15) is 5.75 Å². The van der Waals surface area contributed by atoms with Crippen LogP contribution in [0.25, 0.3) is 0 Å². The third kappa shape index (κ3) is 4.86. The van der Waals surface area contributed by atoms with E-state index < -0.39 is 6.10 Å². The number of ether oxygens (including phenoxy) is 1. The SMILES string of the molecule is COc1cccc(CCc2ccccc2CC[C@@H](O)CO)c1. The van der Waals surface area contributed by atoms with Crippen molar-refractivity contribution in [2.75, 3.05) is 13.7 Å². The second-order valence-electron chi connectivity index (χ2n) is 5.50. The van der Waals surface area contributed by atoms with Gasteiger partial charge in [0.25, 0.3) is 0 Å². The number of methoxy groups -OCH3 is 1. The molecule has 2 aromatic carbocycles. The maximum absolute atomic E-state index is 9.51. The third-order valence-electron chi connectivity index (χ3n) is 3.89. The summed E-state index contributed by atoms with van der Waals surface area (Å²) in [5.41, 5.74) is 3.80. The molecule has 2 rings (SSSR count). The standard InChI is InChI=1S/C19H24O3/c1-22-19-8-4-5-15(13-19)9-10-16-6-2-3-7-17(16)11-12-18(21)14-20/h2-8,13,18,20-21H,9-12,14H2,1H3/t18-/m1/s1. The van der Waals surface area contributed by atoms with Gasteiger partial charge in [-0.25, -0.2) is 0 Å². The second-order valence-corrected chi connectivity index (χ2v) is 5.50. The molecular weight excluding hydrogens is 276 g/mol. The van der Waals surface area contributed by atoms with Crippen molar-refractivity contribution < 1.29 is 14.9 Å². The number of aliphatic hydroxyl groups excluding tert-OH is 2. The first-order chi connectivity index (χ1) is 10.7. The van der Waals surface area contributed by atoms with Gasteiger partial charge in [0.05, 0.1) is 19.8 Å². The lowest BCUT2D eigenvalue weighted by Crippen LogP contribution is -2.13. The van der Waals surface area contributed by atoms with Crippen molar-refractivity contribution >= 4 is 0 Å². The Morgan fingerprint density at radius 2 is 1.68 bits per heavy atom. The van der Waals surface area contributed by atoms with E-state index >= 15 is 0 Å². The zero-order valence-electron chi connectivity index (χ0n) is 13.0. The molecule has 0 saturated heterocycles. The minimum Gasteiger partial charge on any atom is -0.497 e. The molecule has 0 spiro atoms. The van der Waals surface area contributed by atoms with E-state index in [1.165, 1.54) is 16.7 Å². The molecule has 3 heteroatoms. The van der Waals surface area contributed by atoms with Crippen molar-refractivity contribution in [1.82, 2.24) is 0 Å². The molecule has 0 aliphatic rings.